The van der Waals surface area contributed by atoms with Gasteiger partial charge >= 0.3 is 0 Å². The van der Waals surface area contributed by atoms with Crippen LogP contribution in [0.3, 0.4) is 0 Å². The van der Waals surface area contributed by atoms with Gasteiger partial charge in [0.15, 0.2) is 0 Å². The number of ether oxygens (including phenoxy) is 2. The molecule has 2 aliphatic rings. The summed E-state index contributed by atoms with van der Waals surface area (Å²) in [5.41, 5.74) is 2.54. The zero-order valence-corrected chi connectivity index (χ0v) is 10.6. The Bertz CT molecular complexity index is 403. The highest BCUT2D eigenvalue weighted by atomic mass is 16.5. The molecule has 2 aliphatic heterocycles. The zero-order chi connectivity index (χ0) is 12.2. The molecule has 0 saturated carbocycles. The zero-order valence-electron chi connectivity index (χ0n) is 10.6. The van der Waals surface area contributed by atoms with Crippen LogP contribution in [0, 0.1) is 0 Å². The second-order valence-corrected chi connectivity index (χ2v) is 4.83. The molecule has 0 unspecified atom stereocenters. The molecule has 18 heavy (non-hydrogen) atoms. The number of fused-ring (bicyclic) bond motifs is 1. The third-order valence-electron chi connectivity index (χ3n) is 3.47. The number of benzene rings is 1. The minimum Gasteiger partial charge on any atom is -0.489 e. The number of hydrogen-bond donors (Lipinski definition) is 2. The fourth-order valence-corrected chi connectivity index (χ4v) is 2.51. The topological polar surface area (TPSA) is 42.5 Å². The highest BCUT2D eigenvalue weighted by Gasteiger charge is 2.17. The summed E-state index contributed by atoms with van der Waals surface area (Å²) >= 11 is 0. The third-order valence-corrected chi connectivity index (χ3v) is 3.47. The van der Waals surface area contributed by atoms with Crippen molar-refractivity contribution in [2.24, 2.45) is 0 Å². The van der Waals surface area contributed by atoms with Crippen LogP contribution in [0.25, 0.3) is 0 Å². The summed E-state index contributed by atoms with van der Waals surface area (Å²) in [5.74, 6) is 0.960. The SMILES string of the molecule is c1cc2c(c(OC[C@@H]3CNCCO3)c1)NCCC2. The highest BCUT2D eigenvalue weighted by Crippen LogP contribution is 2.32. The van der Waals surface area contributed by atoms with Crippen molar-refractivity contribution in [2.45, 2.75) is 18.9 Å². The minimum absolute atomic E-state index is 0.165. The molecule has 1 saturated heterocycles. The molecule has 2 N–H and O–H groups in total. The van der Waals surface area contributed by atoms with Gasteiger partial charge in [0.1, 0.15) is 18.5 Å². The van der Waals surface area contributed by atoms with Crippen LogP contribution >= 0.6 is 0 Å². The first-order valence-electron chi connectivity index (χ1n) is 6.74. The van der Waals surface area contributed by atoms with Crippen LogP contribution < -0.4 is 15.4 Å². The van der Waals surface area contributed by atoms with Gasteiger partial charge in [0.05, 0.1) is 12.3 Å². The fourth-order valence-electron chi connectivity index (χ4n) is 2.51. The van der Waals surface area contributed by atoms with Crippen molar-refractivity contribution in [3.05, 3.63) is 23.8 Å². The fraction of sp³-hybridized carbons (Fsp3) is 0.571. The summed E-state index contributed by atoms with van der Waals surface area (Å²) < 4.78 is 11.6. The Hall–Kier alpha value is -1.26. The lowest BCUT2D eigenvalue weighted by atomic mass is 10.0. The van der Waals surface area contributed by atoms with Crippen molar-refractivity contribution >= 4 is 5.69 Å². The predicted octanol–water partition coefficient (Wildman–Crippen LogP) is 1.41. The average Bonchev–Trinajstić information content (AvgIpc) is 2.46. The van der Waals surface area contributed by atoms with Crippen LogP contribution in [-0.2, 0) is 11.2 Å². The molecule has 0 radical (unpaired) electrons. The Morgan fingerprint density at radius 2 is 2.33 bits per heavy atom. The summed E-state index contributed by atoms with van der Waals surface area (Å²) in [4.78, 5) is 0. The van der Waals surface area contributed by atoms with E-state index in [4.69, 9.17) is 9.47 Å². The predicted molar refractivity (Wildman–Crippen MR) is 71.4 cm³/mol. The van der Waals surface area contributed by atoms with E-state index in [-0.39, 0.29) is 6.10 Å². The third kappa shape index (κ3) is 2.60. The first-order valence-corrected chi connectivity index (χ1v) is 6.74. The Morgan fingerprint density at radius 3 is 3.22 bits per heavy atom. The molecule has 4 heteroatoms. The molecule has 1 fully saturated rings. The van der Waals surface area contributed by atoms with E-state index in [0.717, 1.165) is 38.4 Å². The lowest BCUT2D eigenvalue weighted by Gasteiger charge is -2.25. The van der Waals surface area contributed by atoms with Gasteiger partial charge in [-0.1, -0.05) is 12.1 Å². The van der Waals surface area contributed by atoms with E-state index < -0.39 is 0 Å². The number of rotatable bonds is 3. The van der Waals surface area contributed by atoms with E-state index in [0.29, 0.717) is 6.61 Å². The second kappa shape index (κ2) is 5.59. The van der Waals surface area contributed by atoms with E-state index >= 15 is 0 Å². The van der Waals surface area contributed by atoms with Crippen molar-refractivity contribution in [2.75, 3.05) is 38.2 Å². The molecular weight excluding hydrogens is 228 g/mol. The molecule has 1 atom stereocenters. The molecule has 98 valence electrons. The molecule has 0 amide bonds. The Labute approximate surface area is 108 Å². The van der Waals surface area contributed by atoms with Crippen molar-refractivity contribution in [1.29, 1.82) is 0 Å². The average molecular weight is 248 g/mol. The van der Waals surface area contributed by atoms with Gasteiger partial charge in [-0.15, -0.1) is 0 Å². The second-order valence-electron chi connectivity index (χ2n) is 4.83. The van der Waals surface area contributed by atoms with E-state index in [1.165, 1.54) is 17.7 Å². The lowest BCUT2D eigenvalue weighted by Crippen LogP contribution is -2.41. The first-order chi connectivity index (χ1) is 8.93. The van der Waals surface area contributed by atoms with Crippen molar-refractivity contribution in [1.82, 2.24) is 5.32 Å². The summed E-state index contributed by atoms with van der Waals surface area (Å²) in [6.45, 7) is 4.25. The van der Waals surface area contributed by atoms with Gasteiger partial charge in [-0.2, -0.15) is 0 Å². The smallest absolute Gasteiger partial charge is 0.142 e. The minimum atomic E-state index is 0.165. The van der Waals surface area contributed by atoms with Crippen LogP contribution in [0.4, 0.5) is 5.69 Å². The Morgan fingerprint density at radius 1 is 1.33 bits per heavy atom. The standard InChI is InChI=1S/C14H20N2O2/c1-3-11-4-2-6-16-14(11)13(5-1)18-10-12-9-15-7-8-17-12/h1,3,5,12,15-16H,2,4,6-10H2/t12-/m0/s1. The Kier molecular flexibility index (Phi) is 3.67. The van der Waals surface area contributed by atoms with Crippen molar-refractivity contribution < 1.29 is 9.47 Å². The van der Waals surface area contributed by atoms with Gasteiger partial charge in [-0.3, -0.25) is 0 Å². The monoisotopic (exact) mass is 248 g/mol. The number of hydrogen-bond acceptors (Lipinski definition) is 4. The summed E-state index contributed by atoms with van der Waals surface area (Å²) in [6, 6.07) is 6.28. The van der Waals surface area contributed by atoms with Crippen LogP contribution in [0.5, 0.6) is 5.75 Å². The summed E-state index contributed by atoms with van der Waals surface area (Å²) in [6.07, 6.45) is 2.51. The van der Waals surface area contributed by atoms with Crippen LogP contribution in [-0.4, -0.2) is 39.0 Å². The molecule has 1 aromatic carbocycles. The van der Waals surface area contributed by atoms with Crippen LogP contribution in [0.2, 0.25) is 0 Å². The lowest BCUT2D eigenvalue weighted by molar-refractivity contribution is 0.000321. The van der Waals surface area contributed by atoms with Gasteiger partial charge in [0.25, 0.3) is 0 Å². The van der Waals surface area contributed by atoms with Gasteiger partial charge in [-0.25, -0.2) is 0 Å². The van der Waals surface area contributed by atoms with E-state index in [1.54, 1.807) is 0 Å². The van der Waals surface area contributed by atoms with Crippen molar-refractivity contribution in [3.8, 4) is 5.75 Å². The number of aryl methyl sites for hydroxylation is 1. The van der Waals surface area contributed by atoms with E-state index in [2.05, 4.69) is 22.8 Å². The van der Waals surface area contributed by atoms with Gasteiger partial charge in [0.2, 0.25) is 0 Å². The van der Waals surface area contributed by atoms with Crippen LogP contribution in [0.1, 0.15) is 12.0 Å². The number of anilines is 1. The maximum Gasteiger partial charge on any atom is 0.142 e. The molecule has 0 aliphatic carbocycles. The molecule has 0 aromatic heterocycles. The molecule has 3 rings (SSSR count). The van der Waals surface area contributed by atoms with Gasteiger partial charge < -0.3 is 20.1 Å². The van der Waals surface area contributed by atoms with E-state index in [1.807, 2.05) is 6.07 Å². The summed E-state index contributed by atoms with van der Waals surface area (Å²) in [5, 5.41) is 6.75. The molecule has 1 aromatic rings. The molecular formula is C14H20N2O2. The molecule has 0 spiro atoms. The van der Waals surface area contributed by atoms with Gasteiger partial charge in [0, 0.05) is 19.6 Å². The van der Waals surface area contributed by atoms with Crippen molar-refractivity contribution in [3.63, 3.8) is 0 Å². The maximum absolute atomic E-state index is 5.92. The number of nitrogens with one attached hydrogen (secondary N) is 2. The molecule has 0 bridgehead atoms. The quantitative estimate of drug-likeness (QED) is 0.849. The largest absolute Gasteiger partial charge is 0.489 e. The van der Waals surface area contributed by atoms with Crippen LogP contribution in [0.15, 0.2) is 18.2 Å². The first kappa shape index (κ1) is 11.8. The molecule has 2 heterocycles. The van der Waals surface area contributed by atoms with Gasteiger partial charge in [-0.05, 0) is 24.5 Å². The maximum atomic E-state index is 5.92. The molecule has 4 nitrogen and oxygen atoms in total. The number of morpholine rings is 1. The number of para-hydroxylation sites is 1. The Balaban J connectivity index is 1.65. The highest BCUT2D eigenvalue weighted by molar-refractivity contribution is 5.63. The van der Waals surface area contributed by atoms with E-state index in [9.17, 15) is 0 Å². The summed E-state index contributed by atoms with van der Waals surface area (Å²) in [7, 11) is 0. The normalized spacial score (nSPS) is 23.0.